The molecule has 1 unspecified atom stereocenters. The van der Waals surface area contributed by atoms with Crippen molar-refractivity contribution in [3.8, 4) is 11.5 Å². The molecule has 0 heterocycles. The van der Waals surface area contributed by atoms with Crippen molar-refractivity contribution in [2.24, 2.45) is 0 Å². The maximum atomic E-state index is 11.5. The molecule has 0 aliphatic rings. The third-order valence-corrected chi connectivity index (χ3v) is 2.32. The molecule has 0 bridgehead atoms. The minimum atomic E-state index is -0.611. The van der Waals surface area contributed by atoms with Crippen LogP contribution in [0.25, 0.3) is 0 Å². The van der Waals surface area contributed by atoms with E-state index in [-0.39, 0.29) is 23.5 Å². The lowest BCUT2D eigenvalue weighted by atomic mass is 10.0. The van der Waals surface area contributed by atoms with Crippen LogP contribution in [0.3, 0.4) is 0 Å². The highest BCUT2D eigenvalue weighted by molar-refractivity contribution is 5.93. The highest BCUT2D eigenvalue weighted by Gasteiger charge is 2.17. The summed E-state index contributed by atoms with van der Waals surface area (Å²) in [4.78, 5) is 11.5. The highest BCUT2D eigenvalue weighted by atomic mass is 16.5. The van der Waals surface area contributed by atoms with Gasteiger partial charge in [0, 0.05) is 12.5 Å². The Bertz CT molecular complexity index is 412. The fourth-order valence-corrected chi connectivity index (χ4v) is 1.53. The second kappa shape index (κ2) is 5.54. The minimum Gasteiger partial charge on any atom is -0.508 e. The van der Waals surface area contributed by atoms with Gasteiger partial charge in [-0.1, -0.05) is 0 Å². The van der Waals surface area contributed by atoms with Gasteiger partial charge in [0.05, 0.1) is 20.3 Å². The zero-order valence-corrected chi connectivity index (χ0v) is 10.1. The van der Waals surface area contributed by atoms with E-state index >= 15 is 0 Å². The molecule has 0 saturated heterocycles. The molecule has 0 aliphatic heterocycles. The third-order valence-electron chi connectivity index (χ3n) is 2.32. The Labute approximate surface area is 99.6 Å². The second-order valence-corrected chi connectivity index (χ2v) is 3.73. The van der Waals surface area contributed by atoms with Crippen LogP contribution in [0.15, 0.2) is 12.1 Å². The van der Waals surface area contributed by atoms with Crippen LogP contribution in [0.1, 0.15) is 22.8 Å². The summed E-state index contributed by atoms with van der Waals surface area (Å²) < 4.78 is 9.60. The highest BCUT2D eigenvalue weighted by Crippen LogP contribution is 2.29. The number of hydrogen-bond donors (Lipinski definition) is 2. The van der Waals surface area contributed by atoms with Crippen LogP contribution >= 0.6 is 0 Å². The number of benzene rings is 1. The van der Waals surface area contributed by atoms with Crippen molar-refractivity contribution in [2.45, 2.75) is 19.4 Å². The number of esters is 1. The summed E-state index contributed by atoms with van der Waals surface area (Å²) in [6, 6.07) is 2.80. The van der Waals surface area contributed by atoms with Gasteiger partial charge < -0.3 is 19.7 Å². The van der Waals surface area contributed by atoms with E-state index in [4.69, 9.17) is 4.74 Å². The predicted molar refractivity (Wildman–Crippen MR) is 61.4 cm³/mol. The zero-order chi connectivity index (χ0) is 13.0. The van der Waals surface area contributed by atoms with Gasteiger partial charge in [0.1, 0.15) is 17.1 Å². The number of aliphatic hydroxyl groups is 1. The van der Waals surface area contributed by atoms with E-state index in [1.165, 1.54) is 26.4 Å². The summed E-state index contributed by atoms with van der Waals surface area (Å²) in [5.41, 5.74) is 0.699. The first kappa shape index (κ1) is 13.3. The molecule has 1 rings (SSSR count). The largest absolute Gasteiger partial charge is 0.508 e. The van der Waals surface area contributed by atoms with Crippen molar-refractivity contribution in [1.29, 1.82) is 0 Å². The van der Waals surface area contributed by atoms with Crippen LogP contribution in [0, 0.1) is 0 Å². The Morgan fingerprint density at radius 2 is 2.06 bits per heavy atom. The van der Waals surface area contributed by atoms with Crippen molar-refractivity contribution in [1.82, 2.24) is 0 Å². The van der Waals surface area contributed by atoms with Crippen LogP contribution < -0.4 is 4.74 Å². The van der Waals surface area contributed by atoms with Gasteiger partial charge in [-0.15, -0.1) is 0 Å². The topological polar surface area (TPSA) is 76.0 Å². The van der Waals surface area contributed by atoms with Crippen LogP contribution in [-0.2, 0) is 11.2 Å². The molecule has 17 heavy (non-hydrogen) atoms. The lowest BCUT2D eigenvalue weighted by Crippen LogP contribution is -2.08. The van der Waals surface area contributed by atoms with Crippen molar-refractivity contribution in [3.05, 3.63) is 23.3 Å². The van der Waals surface area contributed by atoms with Crippen LogP contribution in [-0.4, -0.2) is 36.5 Å². The summed E-state index contributed by atoms with van der Waals surface area (Å²) in [7, 11) is 2.67. The van der Waals surface area contributed by atoms with E-state index in [0.29, 0.717) is 5.56 Å². The summed E-state index contributed by atoms with van der Waals surface area (Å²) in [5.74, 6) is -0.326. The Morgan fingerprint density at radius 3 is 2.53 bits per heavy atom. The van der Waals surface area contributed by atoms with Gasteiger partial charge in [-0.05, 0) is 18.6 Å². The number of phenols is 1. The van der Waals surface area contributed by atoms with Gasteiger partial charge >= 0.3 is 5.97 Å². The van der Waals surface area contributed by atoms with Crippen molar-refractivity contribution in [3.63, 3.8) is 0 Å². The third kappa shape index (κ3) is 3.10. The molecule has 94 valence electrons. The molecular weight excluding hydrogens is 224 g/mol. The van der Waals surface area contributed by atoms with Gasteiger partial charge in [0.2, 0.25) is 0 Å². The minimum absolute atomic E-state index is 0.0181. The second-order valence-electron chi connectivity index (χ2n) is 3.73. The number of phenolic OH excluding ortho intramolecular Hbond substituents is 1. The van der Waals surface area contributed by atoms with Gasteiger partial charge in [-0.3, -0.25) is 0 Å². The first-order valence-corrected chi connectivity index (χ1v) is 5.15. The van der Waals surface area contributed by atoms with E-state index in [2.05, 4.69) is 4.74 Å². The van der Waals surface area contributed by atoms with E-state index < -0.39 is 12.1 Å². The number of rotatable bonds is 4. The molecular formula is C12H16O5. The first-order chi connectivity index (χ1) is 7.99. The van der Waals surface area contributed by atoms with E-state index in [0.717, 1.165) is 0 Å². The summed E-state index contributed by atoms with van der Waals surface area (Å²) in [6.07, 6.45) is -0.361. The molecule has 2 N–H and O–H groups in total. The first-order valence-electron chi connectivity index (χ1n) is 5.15. The normalized spacial score (nSPS) is 12.0. The van der Waals surface area contributed by atoms with Crippen LogP contribution in [0.5, 0.6) is 11.5 Å². The molecule has 5 nitrogen and oxygen atoms in total. The summed E-state index contributed by atoms with van der Waals surface area (Å²) >= 11 is 0. The average molecular weight is 240 g/mol. The maximum absolute atomic E-state index is 11.5. The number of carbonyl (C=O) groups is 1. The number of methoxy groups -OCH3 is 2. The van der Waals surface area contributed by atoms with E-state index in [1.807, 2.05) is 0 Å². The van der Waals surface area contributed by atoms with E-state index in [9.17, 15) is 15.0 Å². The fraction of sp³-hybridized carbons (Fsp3) is 0.417. The van der Waals surface area contributed by atoms with Gasteiger partial charge in [-0.2, -0.15) is 0 Å². The molecule has 0 saturated carbocycles. The summed E-state index contributed by atoms with van der Waals surface area (Å²) in [5, 5.41) is 19.0. The molecule has 0 fully saturated rings. The Balaban J connectivity index is 3.22. The molecule has 0 amide bonds. The SMILES string of the molecule is COC(=O)c1cc(CC(C)O)c(O)cc1OC. The van der Waals surface area contributed by atoms with Crippen molar-refractivity contribution >= 4 is 5.97 Å². The Morgan fingerprint density at radius 1 is 1.41 bits per heavy atom. The maximum Gasteiger partial charge on any atom is 0.341 e. The fourth-order valence-electron chi connectivity index (χ4n) is 1.53. The van der Waals surface area contributed by atoms with Gasteiger partial charge in [-0.25, -0.2) is 4.79 Å². The monoisotopic (exact) mass is 240 g/mol. The number of aromatic hydroxyl groups is 1. The number of aliphatic hydroxyl groups excluding tert-OH is 1. The van der Waals surface area contributed by atoms with Crippen LogP contribution in [0.2, 0.25) is 0 Å². The standard InChI is InChI=1S/C12H16O5/c1-7(13)4-8-5-9(12(15)17-3)11(16-2)6-10(8)14/h5-7,13-14H,4H2,1-3H3. The van der Waals surface area contributed by atoms with Gasteiger partial charge in [0.15, 0.2) is 0 Å². The lowest BCUT2D eigenvalue weighted by molar-refractivity contribution is 0.0596. The van der Waals surface area contributed by atoms with Gasteiger partial charge in [0.25, 0.3) is 0 Å². The Kier molecular flexibility index (Phi) is 4.34. The lowest BCUT2D eigenvalue weighted by Gasteiger charge is -2.12. The molecule has 1 atom stereocenters. The molecule has 0 aliphatic carbocycles. The van der Waals surface area contributed by atoms with Crippen LogP contribution in [0.4, 0.5) is 0 Å². The van der Waals surface area contributed by atoms with Crippen molar-refractivity contribution < 1.29 is 24.5 Å². The molecule has 5 heteroatoms. The number of ether oxygens (including phenoxy) is 2. The predicted octanol–water partition coefficient (Wildman–Crippen LogP) is 1.11. The molecule has 1 aromatic rings. The summed E-state index contributed by atoms with van der Waals surface area (Å²) in [6.45, 7) is 1.60. The zero-order valence-electron chi connectivity index (χ0n) is 10.1. The Hall–Kier alpha value is -1.75. The molecule has 1 aromatic carbocycles. The van der Waals surface area contributed by atoms with E-state index in [1.54, 1.807) is 6.92 Å². The average Bonchev–Trinajstić information content (AvgIpc) is 2.29. The molecule has 0 radical (unpaired) electrons. The molecule has 0 spiro atoms. The molecule has 0 aromatic heterocycles. The number of carbonyl (C=O) groups excluding carboxylic acids is 1. The smallest absolute Gasteiger partial charge is 0.341 e. The quantitative estimate of drug-likeness (QED) is 0.771. The number of hydrogen-bond acceptors (Lipinski definition) is 5. The van der Waals surface area contributed by atoms with Crippen molar-refractivity contribution in [2.75, 3.05) is 14.2 Å².